The second-order valence-corrected chi connectivity index (χ2v) is 4.20. The van der Waals surface area contributed by atoms with E-state index in [0.717, 1.165) is 12.0 Å². The van der Waals surface area contributed by atoms with Crippen molar-refractivity contribution in [1.82, 2.24) is 4.90 Å². The molecule has 2 amide bonds. The van der Waals surface area contributed by atoms with E-state index in [9.17, 15) is 9.59 Å². The second kappa shape index (κ2) is 4.66. The number of benzene rings is 1. The van der Waals surface area contributed by atoms with Crippen molar-refractivity contribution in [3.8, 4) is 0 Å². The molecule has 84 valence electrons. The summed E-state index contributed by atoms with van der Waals surface area (Å²) < 4.78 is 0. The number of alkyl halides is 1. The first-order chi connectivity index (χ1) is 7.70. The number of imide groups is 1. The first-order valence-corrected chi connectivity index (χ1v) is 5.67. The molecule has 2 rings (SSSR count). The Labute approximate surface area is 99.0 Å². The molecule has 3 nitrogen and oxygen atoms in total. The van der Waals surface area contributed by atoms with E-state index < -0.39 is 5.38 Å². The van der Waals surface area contributed by atoms with Crippen LogP contribution in [0.25, 0.3) is 0 Å². The van der Waals surface area contributed by atoms with E-state index in [1.807, 2.05) is 18.2 Å². The van der Waals surface area contributed by atoms with Crippen molar-refractivity contribution in [3.05, 3.63) is 35.9 Å². The lowest BCUT2D eigenvalue weighted by Gasteiger charge is -2.17. The third-order valence-corrected chi connectivity index (χ3v) is 3.09. The summed E-state index contributed by atoms with van der Waals surface area (Å²) >= 11 is 6.06. The van der Waals surface area contributed by atoms with Crippen LogP contribution >= 0.6 is 11.6 Å². The third-order valence-electron chi connectivity index (χ3n) is 2.65. The second-order valence-electron chi connectivity index (χ2n) is 3.76. The number of rotatable bonds is 2. The van der Waals surface area contributed by atoms with Gasteiger partial charge in [-0.15, -0.1) is 11.6 Å². The summed E-state index contributed by atoms with van der Waals surface area (Å²) in [5.41, 5.74) is 0.730. The molecule has 1 unspecified atom stereocenters. The first kappa shape index (κ1) is 11.1. The Morgan fingerprint density at radius 1 is 1.31 bits per heavy atom. The summed E-state index contributed by atoms with van der Waals surface area (Å²) in [6.45, 7) is 0.494. The lowest BCUT2D eigenvalue weighted by atomic mass is 10.1. The molecule has 0 aliphatic carbocycles. The first-order valence-electron chi connectivity index (χ1n) is 5.23. The average molecular weight is 238 g/mol. The molecule has 1 heterocycles. The van der Waals surface area contributed by atoms with Crippen LogP contribution in [0.2, 0.25) is 0 Å². The largest absolute Gasteiger partial charge is 0.281 e. The Hall–Kier alpha value is -1.35. The number of hydrogen-bond donors (Lipinski definition) is 0. The van der Waals surface area contributed by atoms with Gasteiger partial charge in [-0.2, -0.15) is 0 Å². The van der Waals surface area contributed by atoms with E-state index in [4.69, 9.17) is 11.6 Å². The van der Waals surface area contributed by atoms with E-state index in [1.54, 1.807) is 12.1 Å². The Balaban J connectivity index is 2.13. The van der Waals surface area contributed by atoms with Gasteiger partial charge in [0.25, 0.3) is 5.91 Å². The molecular weight excluding hydrogens is 226 g/mol. The van der Waals surface area contributed by atoms with Gasteiger partial charge in [-0.3, -0.25) is 14.5 Å². The topological polar surface area (TPSA) is 37.4 Å². The highest BCUT2D eigenvalue weighted by molar-refractivity contribution is 6.31. The lowest BCUT2D eigenvalue weighted by Crippen LogP contribution is -2.34. The van der Waals surface area contributed by atoms with Crippen LogP contribution in [0.4, 0.5) is 0 Å². The Morgan fingerprint density at radius 2 is 2.00 bits per heavy atom. The molecule has 1 fully saturated rings. The van der Waals surface area contributed by atoms with Crippen molar-refractivity contribution >= 4 is 23.4 Å². The Kier molecular flexibility index (Phi) is 3.25. The van der Waals surface area contributed by atoms with E-state index in [-0.39, 0.29) is 11.8 Å². The number of halogens is 1. The van der Waals surface area contributed by atoms with Gasteiger partial charge >= 0.3 is 0 Å². The van der Waals surface area contributed by atoms with Gasteiger partial charge < -0.3 is 0 Å². The zero-order chi connectivity index (χ0) is 11.5. The van der Waals surface area contributed by atoms with Crippen molar-refractivity contribution in [2.45, 2.75) is 18.2 Å². The molecule has 0 spiro atoms. The van der Waals surface area contributed by atoms with Gasteiger partial charge in [-0.05, 0) is 12.0 Å². The maximum Gasteiger partial charge on any atom is 0.251 e. The number of amides is 2. The van der Waals surface area contributed by atoms with Crippen LogP contribution in [-0.4, -0.2) is 23.3 Å². The van der Waals surface area contributed by atoms with Crippen molar-refractivity contribution in [2.24, 2.45) is 0 Å². The number of carbonyl (C=O) groups excluding carboxylic acids is 2. The minimum Gasteiger partial charge on any atom is -0.281 e. The molecule has 0 bridgehead atoms. The van der Waals surface area contributed by atoms with Gasteiger partial charge in [0.05, 0.1) is 0 Å². The van der Waals surface area contributed by atoms with Crippen LogP contribution < -0.4 is 0 Å². The molecular formula is C12H12ClNO2. The number of likely N-dealkylation sites (tertiary alicyclic amines) is 1. The maximum absolute atomic E-state index is 11.9. The minimum absolute atomic E-state index is 0.119. The van der Waals surface area contributed by atoms with Crippen LogP contribution in [0, 0.1) is 0 Å². The van der Waals surface area contributed by atoms with Crippen molar-refractivity contribution in [3.63, 3.8) is 0 Å². The Bertz CT molecular complexity index is 405. The van der Waals surface area contributed by atoms with Crippen molar-refractivity contribution in [1.29, 1.82) is 0 Å². The summed E-state index contributed by atoms with van der Waals surface area (Å²) in [6.07, 6.45) is 1.19. The van der Waals surface area contributed by atoms with Gasteiger partial charge in [0.1, 0.15) is 5.38 Å². The summed E-state index contributed by atoms with van der Waals surface area (Å²) in [6, 6.07) is 9.08. The fraction of sp³-hybridized carbons (Fsp3) is 0.333. The predicted molar refractivity (Wildman–Crippen MR) is 61.0 cm³/mol. The van der Waals surface area contributed by atoms with E-state index in [1.165, 1.54) is 4.90 Å². The molecule has 1 aliphatic heterocycles. The number of carbonyl (C=O) groups is 2. The SMILES string of the molecule is O=C1CCCN1C(=O)C(Cl)c1ccccc1. The lowest BCUT2D eigenvalue weighted by molar-refractivity contribution is -0.141. The molecule has 0 aromatic heterocycles. The zero-order valence-electron chi connectivity index (χ0n) is 8.73. The highest BCUT2D eigenvalue weighted by Gasteiger charge is 2.31. The summed E-state index contributed by atoms with van der Waals surface area (Å²) in [7, 11) is 0. The molecule has 1 aromatic rings. The normalized spacial score (nSPS) is 17.6. The monoisotopic (exact) mass is 237 g/mol. The quantitative estimate of drug-likeness (QED) is 0.739. The van der Waals surface area contributed by atoms with Crippen LogP contribution in [0.1, 0.15) is 23.8 Å². The van der Waals surface area contributed by atoms with Crippen LogP contribution in [0.3, 0.4) is 0 Å². The van der Waals surface area contributed by atoms with E-state index >= 15 is 0 Å². The van der Waals surface area contributed by atoms with Crippen LogP contribution in [0.15, 0.2) is 30.3 Å². The number of hydrogen-bond acceptors (Lipinski definition) is 2. The highest BCUT2D eigenvalue weighted by atomic mass is 35.5. The van der Waals surface area contributed by atoms with Gasteiger partial charge in [-0.1, -0.05) is 30.3 Å². The molecule has 1 aromatic carbocycles. The molecule has 0 saturated carbocycles. The maximum atomic E-state index is 11.9. The van der Waals surface area contributed by atoms with Crippen LogP contribution in [0.5, 0.6) is 0 Å². The average Bonchev–Trinajstić information content (AvgIpc) is 2.75. The zero-order valence-corrected chi connectivity index (χ0v) is 9.48. The van der Waals surface area contributed by atoms with Crippen molar-refractivity contribution in [2.75, 3.05) is 6.54 Å². The standard InChI is InChI=1S/C12H12ClNO2/c13-11(9-5-2-1-3-6-9)12(16)14-8-4-7-10(14)15/h1-3,5-6,11H,4,7-8H2. The summed E-state index contributed by atoms with van der Waals surface area (Å²) in [5.74, 6) is -0.429. The highest BCUT2D eigenvalue weighted by Crippen LogP contribution is 2.25. The van der Waals surface area contributed by atoms with E-state index in [2.05, 4.69) is 0 Å². The molecule has 0 N–H and O–H groups in total. The fourth-order valence-electron chi connectivity index (χ4n) is 1.78. The molecule has 1 atom stereocenters. The van der Waals surface area contributed by atoms with Crippen LogP contribution in [-0.2, 0) is 9.59 Å². The molecule has 4 heteroatoms. The van der Waals surface area contributed by atoms with Crippen molar-refractivity contribution < 1.29 is 9.59 Å². The van der Waals surface area contributed by atoms with Gasteiger partial charge in [-0.25, -0.2) is 0 Å². The van der Waals surface area contributed by atoms with Gasteiger partial charge in [0, 0.05) is 13.0 Å². The summed E-state index contributed by atoms with van der Waals surface area (Å²) in [5, 5.41) is -0.761. The molecule has 16 heavy (non-hydrogen) atoms. The van der Waals surface area contributed by atoms with E-state index in [0.29, 0.717) is 13.0 Å². The number of nitrogens with zero attached hydrogens (tertiary/aromatic N) is 1. The fourth-order valence-corrected chi connectivity index (χ4v) is 2.05. The molecule has 1 saturated heterocycles. The predicted octanol–water partition coefficient (Wildman–Crippen LogP) is 2.12. The minimum atomic E-state index is -0.761. The smallest absolute Gasteiger partial charge is 0.251 e. The molecule has 1 aliphatic rings. The summed E-state index contributed by atoms with van der Waals surface area (Å²) in [4.78, 5) is 24.6. The van der Waals surface area contributed by atoms with Gasteiger partial charge in [0.15, 0.2) is 0 Å². The van der Waals surface area contributed by atoms with Gasteiger partial charge in [0.2, 0.25) is 5.91 Å². The third kappa shape index (κ3) is 2.09. The molecule has 0 radical (unpaired) electrons. The Morgan fingerprint density at radius 3 is 2.56 bits per heavy atom.